The third kappa shape index (κ3) is 6.00. The van der Waals surface area contributed by atoms with Crippen LogP contribution < -0.4 is 15.5 Å². The van der Waals surface area contributed by atoms with Gasteiger partial charge in [-0.1, -0.05) is 24.3 Å². The number of hydrogen-bond donors (Lipinski definition) is 3. The molecule has 2 heterocycles. The van der Waals surface area contributed by atoms with Gasteiger partial charge in [-0.2, -0.15) is 0 Å². The Kier molecular flexibility index (Phi) is 7.69. The molecule has 1 aliphatic heterocycles. The molecular weight excluding hydrogens is 451 g/mol. The second kappa shape index (κ2) is 11.1. The van der Waals surface area contributed by atoms with E-state index in [9.17, 15) is 14.7 Å². The van der Waals surface area contributed by atoms with Crippen molar-refractivity contribution in [3.8, 4) is 11.1 Å². The van der Waals surface area contributed by atoms with E-state index in [0.29, 0.717) is 23.4 Å². The van der Waals surface area contributed by atoms with Crippen LogP contribution in [0.4, 0.5) is 14.9 Å². The maximum Gasteiger partial charge on any atom is 0.414 e. The van der Waals surface area contributed by atoms with Gasteiger partial charge in [-0.3, -0.25) is 14.7 Å². The van der Waals surface area contributed by atoms with Crippen molar-refractivity contribution in [2.24, 2.45) is 0 Å². The standard InChI is InChI=1S/C26H27FN4O4/c1-17(33)29-14-22-15-31(26(34)35-22)21-6-7-23(24(27)12-21)19-2-4-20(5-3-19)25(16-32)30-13-18-8-10-28-11-9-18/h2-12,22,25,30,32H,13-16H2,1H3,(H,29,33)/t22-,25-/m0/s1. The smallest absolute Gasteiger partial charge is 0.414 e. The fraction of sp³-hybridized carbons (Fsp3) is 0.269. The van der Waals surface area contributed by atoms with Crippen LogP contribution in [0.1, 0.15) is 24.1 Å². The molecule has 8 nitrogen and oxygen atoms in total. The molecule has 0 unspecified atom stereocenters. The van der Waals surface area contributed by atoms with Crippen LogP contribution in [0.15, 0.2) is 67.0 Å². The van der Waals surface area contributed by atoms with Crippen molar-refractivity contribution in [1.82, 2.24) is 15.6 Å². The highest BCUT2D eigenvalue weighted by Crippen LogP contribution is 2.30. The van der Waals surface area contributed by atoms with Gasteiger partial charge in [0.2, 0.25) is 5.91 Å². The van der Waals surface area contributed by atoms with E-state index in [-0.39, 0.29) is 31.6 Å². The van der Waals surface area contributed by atoms with Crippen molar-refractivity contribution in [2.75, 3.05) is 24.6 Å². The quantitative estimate of drug-likeness (QED) is 0.437. The van der Waals surface area contributed by atoms with E-state index in [0.717, 1.165) is 11.1 Å². The van der Waals surface area contributed by atoms with Gasteiger partial charge in [-0.15, -0.1) is 0 Å². The summed E-state index contributed by atoms with van der Waals surface area (Å²) in [6.07, 6.45) is 2.37. The summed E-state index contributed by atoms with van der Waals surface area (Å²) in [4.78, 5) is 28.6. The summed E-state index contributed by atoms with van der Waals surface area (Å²) in [5.74, 6) is -0.682. The van der Waals surface area contributed by atoms with Gasteiger partial charge in [0.25, 0.3) is 0 Å². The number of benzene rings is 2. The Morgan fingerprint density at radius 1 is 1.20 bits per heavy atom. The number of carbonyl (C=O) groups excluding carboxylic acids is 2. The summed E-state index contributed by atoms with van der Waals surface area (Å²) >= 11 is 0. The van der Waals surface area contributed by atoms with E-state index in [1.807, 2.05) is 24.3 Å². The highest BCUT2D eigenvalue weighted by atomic mass is 19.1. The minimum atomic E-state index is -0.578. The molecule has 2 atom stereocenters. The van der Waals surface area contributed by atoms with Crippen LogP contribution in [0.2, 0.25) is 0 Å². The number of aliphatic hydroxyl groups is 1. The molecule has 9 heteroatoms. The van der Waals surface area contributed by atoms with Gasteiger partial charge in [0.15, 0.2) is 0 Å². The Balaban J connectivity index is 1.43. The topological polar surface area (TPSA) is 104 Å². The van der Waals surface area contributed by atoms with Crippen LogP contribution in [0, 0.1) is 5.82 Å². The third-order valence-electron chi connectivity index (χ3n) is 5.83. The van der Waals surface area contributed by atoms with E-state index in [1.54, 1.807) is 36.7 Å². The molecule has 1 aromatic heterocycles. The molecular formula is C26H27FN4O4. The summed E-state index contributed by atoms with van der Waals surface area (Å²) < 4.78 is 20.3. The summed E-state index contributed by atoms with van der Waals surface area (Å²) in [7, 11) is 0. The summed E-state index contributed by atoms with van der Waals surface area (Å²) in [5, 5.41) is 15.8. The number of anilines is 1. The number of nitrogens with one attached hydrogen (secondary N) is 2. The SMILES string of the molecule is CC(=O)NC[C@H]1CN(c2ccc(-c3ccc([C@H](CO)NCc4ccncc4)cc3)c(F)c2)C(=O)O1. The Morgan fingerprint density at radius 3 is 2.60 bits per heavy atom. The number of hydrogen-bond acceptors (Lipinski definition) is 6. The second-order valence-corrected chi connectivity index (χ2v) is 8.31. The maximum atomic E-state index is 15.0. The average Bonchev–Trinajstić information content (AvgIpc) is 3.24. The number of aromatic nitrogens is 1. The van der Waals surface area contributed by atoms with E-state index < -0.39 is 18.0 Å². The summed E-state index contributed by atoms with van der Waals surface area (Å²) in [6.45, 7) is 2.31. The second-order valence-electron chi connectivity index (χ2n) is 8.31. The summed E-state index contributed by atoms with van der Waals surface area (Å²) in [6, 6.07) is 15.5. The Hall–Kier alpha value is -3.82. The minimum Gasteiger partial charge on any atom is -0.442 e. The van der Waals surface area contributed by atoms with Gasteiger partial charge in [0.05, 0.1) is 31.4 Å². The van der Waals surface area contributed by atoms with E-state index in [1.165, 1.54) is 17.9 Å². The van der Waals surface area contributed by atoms with Crippen LogP contribution in [-0.2, 0) is 16.1 Å². The van der Waals surface area contributed by atoms with Crippen molar-refractivity contribution in [2.45, 2.75) is 25.6 Å². The van der Waals surface area contributed by atoms with Crippen molar-refractivity contribution in [3.63, 3.8) is 0 Å². The molecule has 0 spiro atoms. The molecule has 0 radical (unpaired) electrons. The molecule has 35 heavy (non-hydrogen) atoms. The maximum absolute atomic E-state index is 15.0. The molecule has 4 rings (SSSR count). The predicted molar refractivity (Wildman–Crippen MR) is 129 cm³/mol. The zero-order valence-electron chi connectivity index (χ0n) is 19.3. The molecule has 182 valence electrons. The normalized spacial score (nSPS) is 16.1. The molecule has 2 aromatic carbocycles. The monoisotopic (exact) mass is 478 g/mol. The van der Waals surface area contributed by atoms with Gasteiger partial charge in [0, 0.05) is 31.4 Å². The van der Waals surface area contributed by atoms with Gasteiger partial charge in [-0.25, -0.2) is 9.18 Å². The van der Waals surface area contributed by atoms with E-state index in [2.05, 4.69) is 15.6 Å². The molecule has 0 aliphatic carbocycles. The minimum absolute atomic E-state index is 0.0810. The van der Waals surface area contributed by atoms with Gasteiger partial charge in [0.1, 0.15) is 11.9 Å². The highest BCUT2D eigenvalue weighted by Gasteiger charge is 2.32. The number of carbonyl (C=O) groups is 2. The predicted octanol–water partition coefficient (Wildman–Crippen LogP) is 3.17. The lowest BCUT2D eigenvalue weighted by atomic mass is 10.00. The number of amides is 2. The molecule has 1 saturated heterocycles. The Morgan fingerprint density at radius 2 is 1.94 bits per heavy atom. The van der Waals surface area contributed by atoms with Crippen LogP contribution in [-0.4, -0.2) is 47.9 Å². The molecule has 3 N–H and O–H groups in total. The zero-order valence-corrected chi connectivity index (χ0v) is 19.3. The Bertz CT molecular complexity index is 1170. The lowest BCUT2D eigenvalue weighted by molar-refractivity contribution is -0.119. The third-order valence-corrected chi connectivity index (χ3v) is 5.83. The van der Waals surface area contributed by atoms with Crippen LogP contribution in [0.25, 0.3) is 11.1 Å². The fourth-order valence-electron chi connectivity index (χ4n) is 3.93. The molecule has 1 fully saturated rings. The van der Waals surface area contributed by atoms with Gasteiger partial charge < -0.3 is 20.5 Å². The van der Waals surface area contributed by atoms with Crippen molar-refractivity contribution in [3.05, 3.63) is 83.9 Å². The van der Waals surface area contributed by atoms with Gasteiger partial charge in [-0.05, 0) is 47.0 Å². The average molecular weight is 479 g/mol. The van der Waals surface area contributed by atoms with E-state index >= 15 is 4.39 Å². The molecule has 0 bridgehead atoms. The van der Waals surface area contributed by atoms with Crippen molar-refractivity contribution < 1.29 is 23.8 Å². The van der Waals surface area contributed by atoms with Crippen molar-refractivity contribution >= 4 is 17.7 Å². The number of cyclic esters (lactones) is 1. The number of rotatable bonds is 9. The zero-order chi connectivity index (χ0) is 24.8. The first-order valence-electron chi connectivity index (χ1n) is 11.3. The van der Waals surface area contributed by atoms with Crippen molar-refractivity contribution in [1.29, 1.82) is 0 Å². The molecule has 3 aromatic rings. The highest BCUT2D eigenvalue weighted by molar-refractivity contribution is 5.90. The molecule has 0 saturated carbocycles. The number of ether oxygens (including phenoxy) is 1. The first kappa shape index (κ1) is 24.3. The largest absolute Gasteiger partial charge is 0.442 e. The number of nitrogens with zero attached hydrogens (tertiary/aromatic N) is 2. The number of pyridine rings is 1. The molecule has 2 amide bonds. The first-order chi connectivity index (χ1) is 16.9. The lowest BCUT2D eigenvalue weighted by Gasteiger charge is -2.18. The van der Waals surface area contributed by atoms with Crippen LogP contribution in [0.3, 0.4) is 0 Å². The fourth-order valence-corrected chi connectivity index (χ4v) is 3.93. The molecule has 1 aliphatic rings. The van der Waals surface area contributed by atoms with Gasteiger partial charge >= 0.3 is 6.09 Å². The lowest BCUT2D eigenvalue weighted by Crippen LogP contribution is -2.33. The Labute approximate surface area is 202 Å². The number of aliphatic hydroxyl groups excluding tert-OH is 1. The summed E-state index contributed by atoms with van der Waals surface area (Å²) in [5.41, 5.74) is 3.40. The van der Waals surface area contributed by atoms with Crippen LogP contribution >= 0.6 is 0 Å². The number of halogens is 1. The van der Waals surface area contributed by atoms with E-state index in [4.69, 9.17) is 4.74 Å². The first-order valence-corrected chi connectivity index (χ1v) is 11.3. The van der Waals surface area contributed by atoms with Crippen LogP contribution in [0.5, 0.6) is 0 Å².